The maximum absolute atomic E-state index is 12.2. The number of sulfonamides is 1. The molecule has 0 aromatic heterocycles. The summed E-state index contributed by atoms with van der Waals surface area (Å²) in [5.41, 5.74) is 1.34. The number of halogens is 1. The number of benzene rings is 2. The fourth-order valence-corrected chi connectivity index (χ4v) is 2.80. The molecule has 0 aliphatic heterocycles. The molecular weight excluding hydrogens is 352 g/mol. The van der Waals surface area contributed by atoms with Crippen LogP contribution in [0.1, 0.15) is 15.9 Å². The molecular formula is C16H17ClN2O4S. The van der Waals surface area contributed by atoms with Crippen LogP contribution in [-0.4, -0.2) is 27.7 Å². The topological polar surface area (TPSA) is 84.5 Å². The zero-order valence-electron chi connectivity index (χ0n) is 13.2. The highest BCUT2D eigenvalue weighted by Crippen LogP contribution is 2.24. The summed E-state index contributed by atoms with van der Waals surface area (Å²) in [4.78, 5) is 12.2. The predicted octanol–water partition coefficient (Wildman–Crippen LogP) is 2.65. The number of methoxy groups -OCH3 is 1. The van der Waals surface area contributed by atoms with Gasteiger partial charge in [-0.2, -0.15) is 0 Å². The number of carbonyl (C=O) groups excluding carboxylic acids is 1. The zero-order chi connectivity index (χ0) is 17.7. The molecule has 2 aromatic rings. The highest BCUT2D eigenvalue weighted by molar-refractivity contribution is 7.92. The van der Waals surface area contributed by atoms with E-state index in [-0.39, 0.29) is 16.6 Å². The van der Waals surface area contributed by atoms with E-state index in [2.05, 4.69) is 10.0 Å². The molecule has 128 valence electrons. The molecule has 0 heterocycles. The van der Waals surface area contributed by atoms with Crippen molar-refractivity contribution in [2.24, 2.45) is 0 Å². The molecule has 0 radical (unpaired) electrons. The van der Waals surface area contributed by atoms with Gasteiger partial charge in [-0.3, -0.25) is 9.52 Å². The van der Waals surface area contributed by atoms with Gasteiger partial charge in [0.1, 0.15) is 5.75 Å². The quantitative estimate of drug-likeness (QED) is 0.820. The Labute approximate surface area is 145 Å². The van der Waals surface area contributed by atoms with Crippen LogP contribution in [0.4, 0.5) is 5.69 Å². The first-order chi connectivity index (χ1) is 11.3. The van der Waals surface area contributed by atoms with Gasteiger partial charge in [0.05, 0.1) is 24.1 Å². The van der Waals surface area contributed by atoms with E-state index in [0.29, 0.717) is 17.9 Å². The van der Waals surface area contributed by atoms with Crippen LogP contribution >= 0.6 is 11.6 Å². The Balaban J connectivity index is 2.10. The normalized spacial score (nSPS) is 11.0. The van der Waals surface area contributed by atoms with Crippen LogP contribution < -0.4 is 14.8 Å². The summed E-state index contributed by atoms with van der Waals surface area (Å²) < 4.78 is 30.1. The van der Waals surface area contributed by atoms with Gasteiger partial charge in [-0.1, -0.05) is 23.7 Å². The first kappa shape index (κ1) is 18.1. The Bertz CT molecular complexity index is 853. The van der Waals surface area contributed by atoms with Crippen molar-refractivity contribution < 1.29 is 17.9 Å². The van der Waals surface area contributed by atoms with Crippen molar-refractivity contribution in [2.75, 3.05) is 18.1 Å². The Morgan fingerprint density at radius 2 is 1.96 bits per heavy atom. The smallest absolute Gasteiger partial charge is 0.251 e. The first-order valence-corrected chi connectivity index (χ1v) is 9.24. The van der Waals surface area contributed by atoms with Gasteiger partial charge < -0.3 is 10.1 Å². The van der Waals surface area contributed by atoms with Gasteiger partial charge >= 0.3 is 0 Å². The molecule has 0 bridgehead atoms. The molecule has 0 unspecified atom stereocenters. The SMILES string of the molecule is COc1cccc(CNC(=O)c2ccc(Cl)c(NS(C)(=O)=O)c2)c1. The second-order valence-corrected chi connectivity index (χ2v) is 7.26. The second kappa shape index (κ2) is 7.55. The fraction of sp³-hybridized carbons (Fsp3) is 0.188. The summed E-state index contributed by atoms with van der Waals surface area (Å²) >= 11 is 5.94. The molecule has 0 spiro atoms. The van der Waals surface area contributed by atoms with Crippen molar-refractivity contribution in [1.82, 2.24) is 5.32 Å². The van der Waals surface area contributed by atoms with E-state index in [1.165, 1.54) is 18.2 Å². The van der Waals surface area contributed by atoms with Crippen molar-refractivity contribution in [3.8, 4) is 5.75 Å². The number of amides is 1. The minimum Gasteiger partial charge on any atom is -0.497 e. The largest absolute Gasteiger partial charge is 0.497 e. The van der Waals surface area contributed by atoms with Gasteiger partial charge in [-0.05, 0) is 35.9 Å². The lowest BCUT2D eigenvalue weighted by Gasteiger charge is -2.10. The number of ether oxygens (including phenoxy) is 1. The molecule has 0 saturated heterocycles. The summed E-state index contributed by atoms with van der Waals surface area (Å²) in [6.07, 6.45) is 1.01. The lowest BCUT2D eigenvalue weighted by atomic mass is 10.1. The van der Waals surface area contributed by atoms with Crippen LogP contribution in [-0.2, 0) is 16.6 Å². The number of anilines is 1. The summed E-state index contributed by atoms with van der Waals surface area (Å²) in [6.45, 7) is 0.313. The van der Waals surface area contributed by atoms with Crippen molar-refractivity contribution in [3.63, 3.8) is 0 Å². The minimum atomic E-state index is -3.49. The standard InChI is InChI=1S/C16H17ClN2O4S/c1-23-13-5-3-4-11(8-13)10-18-16(20)12-6-7-14(17)15(9-12)19-24(2,21)22/h3-9,19H,10H2,1-2H3,(H,18,20). The molecule has 2 N–H and O–H groups in total. The molecule has 0 saturated carbocycles. The Morgan fingerprint density at radius 1 is 1.21 bits per heavy atom. The highest BCUT2D eigenvalue weighted by Gasteiger charge is 2.11. The number of carbonyl (C=O) groups is 1. The Kier molecular flexibility index (Phi) is 5.69. The number of rotatable bonds is 6. The third kappa shape index (κ3) is 5.14. The van der Waals surface area contributed by atoms with Gasteiger partial charge in [0.15, 0.2) is 0 Å². The number of hydrogen-bond donors (Lipinski definition) is 2. The molecule has 8 heteroatoms. The molecule has 0 fully saturated rings. The average molecular weight is 369 g/mol. The van der Waals surface area contributed by atoms with Gasteiger partial charge in [0, 0.05) is 12.1 Å². The van der Waals surface area contributed by atoms with E-state index in [0.717, 1.165) is 11.8 Å². The van der Waals surface area contributed by atoms with Crippen molar-refractivity contribution in [3.05, 3.63) is 58.6 Å². The van der Waals surface area contributed by atoms with Gasteiger partial charge in [-0.15, -0.1) is 0 Å². The van der Waals surface area contributed by atoms with Crippen molar-refractivity contribution in [2.45, 2.75) is 6.54 Å². The van der Waals surface area contributed by atoms with E-state index < -0.39 is 10.0 Å². The van der Waals surface area contributed by atoms with Crippen LogP contribution in [0.25, 0.3) is 0 Å². The van der Waals surface area contributed by atoms with Crippen molar-refractivity contribution in [1.29, 1.82) is 0 Å². The average Bonchev–Trinajstić information content (AvgIpc) is 2.53. The van der Waals surface area contributed by atoms with Crippen molar-refractivity contribution >= 4 is 33.2 Å². The molecule has 6 nitrogen and oxygen atoms in total. The molecule has 2 rings (SSSR count). The second-order valence-electron chi connectivity index (χ2n) is 5.10. The Hall–Kier alpha value is -2.25. The third-order valence-electron chi connectivity index (χ3n) is 3.11. The highest BCUT2D eigenvalue weighted by atomic mass is 35.5. The number of hydrogen-bond acceptors (Lipinski definition) is 4. The summed E-state index contributed by atoms with van der Waals surface area (Å²) in [7, 11) is -1.91. The van der Waals surface area contributed by atoms with E-state index >= 15 is 0 Å². The minimum absolute atomic E-state index is 0.160. The van der Waals surface area contributed by atoms with Gasteiger partial charge in [0.25, 0.3) is 5.91 Å². The first-order valence-electron chi connectivity index (χ1n) is 6.97. The van der Waals surface area contributed by atoms with E-state index in [9.17, 15) is 13.2 Å². The molecule has 24 heavy (non-hydrogen) atoms. The lowest BCUT2D eigenvalue weighted by molar-refractivity contribution is 0.0951. The van der Waals surface area contributed by atoms with Gasteiger partial charge in [0.2, 0.25) is 10.0 Å². The maximum atomic E-state index is 12.2. The zero-order valence-corrected chi connectivity index (χ0v) is 14.7. The molecule has 0 aliphatic rings. The maximum Gasteiger partial charge on any atom is 0.251 e. The fourth-order valence-electron chi connectivity index (χ4n) is 2.01. The Morgan fingerprint density at radius 3 is 2.62 bits per heavy atom. The van der Waals surface area contributed by atoms with Crippen LogP contribution in [0.15, 0.2) is 42.5 Å². The number of nitrogens with one attached hydrogen (secondary N) is 2. The molecule has 0 atom stereocenters. The van der Waals surface area contributed by atoms with E-state index in [1.807, 2.05) is 24.3 Å². The molecule has 1 amide bonds. The molecule has 0 aliphatic carbocycles. The lowest BCUT2D eigenvalue weighted by Crippen LogP contribution is -2.23. The van der Waals surface area contributed by atoms with Gasteiger partial charge in [-0.25, -0.2) is 8.42 Å². The predicted molar refractivity (Wildman–Crippen MR) is 94.1 cm³/mol. The van der Waals surface area contributed by atoms with Crippen LogP contribution in [0.2, 0.25) is 5.02 Å². The monoisotopic (exact) mass is 368 g/mol. The van der Waals surface area contributed by atoms with Crippen LogP contribution in [0.3, 0.4) is 0 Å². The van der Waals surface area contributed by atoms with E-state index in [4.69, 9.17) is 16.3 Å². The summed E-state index contributed by atoms with van der Waals surface area (Å²) in [5, 5.41) is 2.97. The summed E-state index contributed by atoms with van der Waals surface area (Å²) in [6, 6.07) is 11.7. The summed E-state index contributed by atoms with van der Waals surface area (Å²) in [5.74, 6) is 0.360. The van der Waals surface area contributed by atoms with Crippen LogP contribution in [0, 0.1) is 0 Å². The third-order valence-corrected chi connectivity index (χ3v) is 4.03. The van der Waals surface area contributed by atoms with E-state index in [1.54, 1.807) is 7.11 Å². The molecule has 2 aromatic carbocycles. The van der Waals surface area contributed by atoms with Crippen LogP contribution in [0.5, 0.6) is 5.75 Å².